The standard InChI is InChI=1S/C13H16ClN3O2/c1-13(2,3)17-12(19)9-5-4-8(14)6-10(9)16(17)7-11(15)18/h4-6H,7H2,1-3H3,(H2,15,18). The summed E-state index contributed by atoms with van der Waals surface area (Å²) < 4.78 is 3.13. The molecular formula is C13H16ClN3O2. The molecule has 0 aliphatic rings. The van der Waals surface area contributed by atoms with Crippen molar-refractivity contribution in [2.45, 2.75) is 32.9 Å². The second-order valence-electron chi connectivity index (χ2n) is 5.47. The van der Waals surface area contributed by atoms with Crippen molar-refractivity contribution in [1.82, 2.24) is 9.36 Å². The molecule has 0 saturated heterocycles. The van der Waals surface area contributed by atoms with Crippen molar-refractivity contribution in [3.8, 4) is 0 Å². The molecule has 0 radical (unpaired) electrons. The van der Waals surface area contributed by atoms with Crippen molar-refractivity contribution >= 4 is 28.4 Å². The van der Waals surface area contributed by atoms with E-state index in [2.05, 4.69) is 0 Å². The average Bonchev–Trinajstić information content (AvgIpc) is 2.50. The monoisotopic (exact) mass is 281 g/mol. The van der Waals surface area contributed by atoms with E-state index in [4.69, 9.17) is 17.3 Å². The van der Waals surface area contributed by atoms with Crippen molar-refractivity contribution < 1.29 is 4.79 Å². The van der Waals surface area contributed by atoms with Gasteiger partial charge in [-0.1, -0.05) is 11.6 Å². The summed E-state index contributed by atoms with van der Waals surface area (Å²) in [6, 6.07) is 5.00. The molecule has 0 aliphatic heterocycles. The van der Waals surface area contributed by atoms with E-state index in [-0.39, 0.29) is 12.1 Å². The highest BCUT2D eigenvalue weighted by Gasteiger charge is 2.23. The molecule has 1 amide bonds. The van der Waals surface area contributed by atoms with Gasteiger partial charge in [-0.2, -0.15) is 0 Å². The zero-order valence-electron chi connectivity index (χ0n) is 11.1. The normalized spacial score (nSPS) is 12.0. The van der Waals surface area contributed by atoms with E-state index in [1.54, 1.807) is 27.6 Å². The van der Waals surface area contributed by atoms with Crippen molar-refractivity contribution in [1.29, 1.82) is 0 Å². The number of hydrogen-bond donors (Lipinski definition) is 1. The maximum absolute atomic E-state index is 12.4. The van der Waals surface area contributed by atoms with Crippen LogP contribution in [0.15, 0.2) is 23.0 Å². The summed E-state index contributed by atoms with van der Waals surface area (Å²) in [4.78, 5) is 23.7. The number of nitrogens with zero attached hydrogens (tertiary/aromatic N) is 2. The van der Waals surface area contributed by atoms with Crippen LogP contribution in [0.25, 0.3) is 10.9 Å². The smallest absolute Gasteiger partial charge is 0.275 e. The lowest BCUT2D eigenvalue weighted by atomic mass is 10.1. The Morgan fingerprint density at radius 1 is 1.37 bits per heavy atom. The second kappa shape index (κ2) is 4.42. The fraction of sp³-hybridized carbons (Fsp3) is 0.385. The molecule has 2 N–H and O–H groups in total. The summed E-state index contributed by atoms with van der Waals surface area (Å²) in [6.07, 6.45) is 0. The first-order valence-corrected chi connectivity index (χ1v) is 6.29. The van der Waals surface area contributed by atoms with Crippen LogP contribution in [-0.2, 0) is 16.9 Å². The fourth-order valence-electron chi connectivity index (χ4n) is 2.20. The number of rotatable bonds is 2. The minimum atomic E-state index is -0.505. The van der Waals surface area contributed by atoms with E-state index in [1.807, 2.05) is 20.8 Å². The molecule has 0 bridgehead atoms. The van der Waals surface area contributed by atoms with Gasteiger partial charge < -0.3 is 5.73 Å². The van der Waals surface area contributed by atoms with Crippen LogP contribution < -0.4 is 11.3 Å². The Morgan fingerprint density at radius 2 is 2.00 bits per heavy atom. The molecule has 0 fully saturated rings. The van der Waals surface area contributed by atoms with Gasteiger partial charge in [-0.25, -0.2) is 4.68 Å². The predicted octanol–water partition coefficient (Wildman–Crippen LogP) is 1.70. The number of amides is 1. The van der Waals surface area contributed by atoms with Crippen LogP contribution in [0, 0.1) is 0 Å². The van der Waals surface area contributed by atoms with Gasteiger partial charge in [0.1, 0.15) is 6.54 Å². The molecule has 1 heterocycles. The highest BCUT2D eigenvalue weighted by molar-refractivity contribution is 6.31. The topological polar surface area (TPSA) is 70.0 Å². The molecule has 1 aromatic carbocycles. The van der Waals surface area contributed by atoms with E-state index >= 15 is 0 Å². The van der Waals surface area contributed by atoms with Crippen LogP contribution in [0.2, 0.25) is 5.02 Å². The molecule has 1 aromatic heterocycles. The van der Waals surface area contributed by atoms with Gasteiger partial charge in [-0.15, -0.1) is 0 Å². The SMILES string of the molecule is CC(C)(C)n1c(=O)c2ccc(Cl)cc2n1CC(N)=O. The molecule has 2 rings (SSSR count). The quantitative estimate of drug-likeness (QED) is 0.910. The summed E-state index contributed by atoms with van der Waals surface area (Å²) in [5.74, 6) is -0.505. The molecule has 0 saturated carbocycles. The van der Waals surface area contributed by atoms with Crippen LogP contribution in [0.1, 0.15) is 20.8 Å². The van der Waals surface area contributed by atoms with Gasteiger partial charge in [0.2, 0.25) is 5.91 Å². The van der Waals surface area contributed by atoms with Crippen molar-refractivity contribution in [3.05, 3.63) is 33.6 Å². The van der Waals surface area contributed by atoms with Gasteiger partial charge in [0.05, 0.1) is 16.4 Å². The maximum atomic E-state index is 12.4. The Balaban J connectivity index is 2.89. The Labute approximate surface area is 115 Å². The van der Waals surface area contributed by atoms with E-state index in [0.717, 1.165) is 0 Å². The van der Waals surface area contributed by atoms with E-state index < -0.39 is 11.4 Å². The fourth-order valence-corrected chi connectivity index (χ4v) is 2.37. The third-order valence-corrected chi connectivity index (χ3v) is 3.08. The largest absolute Gasteiger partial charge is 0.368 e. The third-order valence-electron chi connectivity index (χ3n) is 2.84. The number of hydrogen-bond acceptors (Lipinski definition) is 2. The highest BCUT2D eigenvalue weighted by Crippen LogP contribution is 2.21. The van der Waals surface area contributed by atoms with E-state index in [1.165, 1.54) is 0 Å². The highest BCUT2D eigenvalue weighted by atomic mass is 35.5. The molecule has 19 heavy (non-hydrogen) atoms. The van der Waals surface area contributed by atoms with Gasteiger partial charge in [0.15, 0.2) is 0 Å². The molecule has 0 atom stereocenters. The molecule has 2 aromatic rings. The molecule has 0 spiro atoms. The summed E-state index contributed by atoms with van der Waals surface area (Å²) >= 11 is 5.96. The van der Waals surface area contributed by atoms with Crippen molar-refractivity contribution in [3.63, 3.8) is 0 Å². The average molecular weight is 282 g/mol. The first-order valence-electron chi connectivity index (χ1n) is 5.91. The van der Waals surface area contributed by atoms with Gasteiger partial charge in [0.25, 0.3) is 5.56 Å². The zero-order chi connectivity index (χ0) is 14.4. The number of halogens is 1. The van der Waals surface area contributed by atoms with Gasteiger partial charge in [-0.3, -0.25) is 14.3 Å². The van der Waals surface area contributed by atoms with Crippen LogP contribution in [0.3, 0.4) is 0 Å². The number of aromatic nitrogens is 2. The second-order valence-corrected chi connectivity index (χ2v) is 5.91. The van der Waals surface area contributed by atoms with E-state index in [0.29, 0.717) is 15.9 Å². The molecular weight excluding hydrogens is 266 g/mol. The zero-order valence-corrected chi connectivity index (χ0v) is 11.9. The number of nitrogens with two attached hydrogens (primary N) is 1. The molecule has 102 valence electrons. The van der Waals surface area contributed by atoms with Crippen molar-refractivity contribution in [2.75, 3.05) is 0 Å². The Kier molecular flexibility index (Phi) is 3.18. The Bertz CT molecular complexity index is 707. The number of carbonyl (C=O) groups is 1. The summed E-state index contributed by atoms with van der Waals surface area (Å²) in [7, 11) is 0. The number of primary amides is 1. The maximum Gasteiger partial charge on any atom is 0.275 e. The molecule has 5 nitrogen and oxygen atoms in total. The Morgan fingerprint density at radius 3 is 2.53 bits per heavy atom. The molecule has 6 heteroatoms. The van der Waals surface area contributed by atoms with Gasteiger partial charge in [-0.05, 0) is 39.0 Å². The van der Waals surface area contributed by atoms with Crippen molar-refractivity contribution in [2.24, 2.45) is 5.73 Å². The lowest BCUT2D eigenvalue weighted by molar-refractivity contribution is -0.118. The lowest BCUT2D eigenvalue weighted by Crippen LogP contribution is -2.38. The molecule has 0 aliphatic carbocycles. The number of fused-ring (bicyclic) bond motifs is 1. The van der Waals surface area contributed by atoms with Gasteiger partial charge >= 0.3 is 0 Å². The van der Waals surface area contributed by atoms with Crippen LogP contribution in [0.4, 0.5) is 0 Å². The number of carbonyl (C=O) groups excluding carboxylic acids is 1. The number of benzene rings is 1. The van der Waals surface area contributed by atoms with E-state index in [9.17, 15) is 9.59 Å². The first kappa shape index (κ1) is 13.7. The molecule has 0 unspecified atom stereocenters. The van der Waals surface area contributed by atoms with Crippen LogP contribution in [0.5, 0.6) is 0 Å². The minimum Gasteiger partial charge on any atom is -0.368 e. The minimum absolute atomic E-state index is 0.0592. The third kappa shape index (κ3) is 2.38. The lowest BCUT2D eigenvalue weighted by Gasteiger charge is -2.24. The summed E-state index contributed by atoms with van der Waals surface area (Å²) in [5.41, 5.74) is 5.27. The van der Waals surface area contributed by atoms with Gasteiger partial charge in [0, 0.05) is 5.02 Å². The predicted molar refractivity (Wildman–Crippen MR) is 75.4 cm³/mol. The van der Waals surface area contributed by atoms with Crippen LogP contribution >= 0.6 is 11.6 Å². The summed E-state index contributed by atoms with van der Waals surface area (Å²) in [5, 5.41) is 1.04. The first-order chi connectivity index (χ1) is 8.71. The van der Waals surface area contributed by atoms with Crippen LogP contribution in [-0.4, -0.2) is 15.3 Å². The Hall–Kier alpha value is -1.75. The summed E-state index contributed by atoms with van der Waals surface area (Å²) in [6.45, 7) is 5.63.